The zero-order chi connectivity index (χ0) is 12.5. The highest BCUT2D eigenvalue weighted by atomic mass is 16.5. The summed E-state index contributed by atoms with van der Waals surface area (Å²) in [6.45, 7) is 2.57. The van der Waals surface area contributed by atoms with Crippen LogP contribution in [0.15, 0.2) is 18.5 Å². The number of aromatic nitrogens is 1. The summed E-state index contributed by atoms with van der Waals surface area (Å²) in [6, 6.07) is 1.38. The average Bonchev–Trinajstić information content (AvgIpc) is 2.33. The third-order valence-corrected chi connectivity index (χ3v) is 2.06. The lowest BCUT2D eigenvalue weighted by Gasteiger charge is -2.06. The van der Waals surface area contributed by atoms with Crippen molar-refractivity contribution in [2.24, 2.45) is 0 Å². The van der Waals surface area contributed by atoms with E-state index in [1.54, 1.807) is 7.11 Å². The number of rotatable bonds is 7. The number of nitrogens with zero attached hydrogens (tertiary/aromatic N) is 1. The SMILES string of the molecule is COCCNCCNC(=O)c1cncc(O)c1. The summed E-state index contributed by atoms with van der Waals surface area (Å²) < 4.78 is 4.87. The topological polar surface area (TPSA) is 83.5 Å². The van der Waals surface area contributed by atoms with Gasteiger partial charge in [0, 0.05) is 32.9 Å². The highest BCUT2D eigenvalue weighted by Gasteiger charge is 2.05. The van der Waals surface area contributed by atoms with E-state index in [2.05, 4.69) is 15.6 Å². The van der Waals surface area contributed by atoms with Crippen LogP contribution in [0.3, 0.4) is 0 Å². The van der Waals surface area contributed by atoms with Gasteiger partial charge in [-0.25, -0.2) is 0 Å². The summed E-state index contributed by atoms with van der Waals surface area (Å²) >= 11 is 0. The molecule has 0 spiro atoms. The van der Waals surface area contributed by atoms with Gasteiger partial charge in [0.15, 0.2) is 0 Å². The van der Waals surface area contributed by atoms with Gasteiger partial charge in [0.1, 0.15) is 5.75 Å². The van der Waals surface area contributed by atoms with E-state index in [1.807, 2.05) is 0 Å². The van der Waals surface area contributed by atoms with Crippen LogP contribution in [0.1, 0.15) is 10.4 Å². The molecule has 1 rings (SSSR count). The van der Waals surface area contributed by atoms with Crippen LogP contribution >= 0.6 is 0 Å². The minimum absolute atomic E-state index is 0.0177. The van der Waals surface area contributed by atoms with Crippen molar-refractivity contribution >= 4 is 5.91 Å². The number of methoxy groups -OCH3 is 1. The van der Waals surface area contributed by atoms with Crippen LogP contribution < -0.4 is 10.6 Å². The van der Waals surface area contributed by atoms with E-state index in [-0.39, 0.29) is 11.7 Å². The highest BCUT2D eigenvalue weighted by molar-refractivity contribution is 5.94. The van der Waals surface area contributed by atoms with Crippen LogP contribution in [0.2, 0.25) is 0 Å². The Morgan fingerprint density at radius 2 is 2.24 bits per heavy atom. The number of amides is 1. The molecule has 0 saturated heterocycles. The lowest BCUT2D eigenvalue weighted by molar-refractivity contribution is 0.0953. The molecule has 1 aromatic rings. The Bertz CT molecular complexity index is 358. The smallest absolute Gasteiger partial charge is 0.253 e. The molecule has 1 amide bonds. The number of pyridine rings is 1. The summed E-state index contributed by atoms with van der Waals surface area (Å²) in [5, 5.41) is 15.0. The fraction of sp³-hybridized carbons (Fsp3) is 0.455. The van der Waals surface area contributed by atoms with Gasteiger partial charge < -0.3 is 20.5 Å². The second-order valence-corrected chi connectivity index (χ2v) is 3.43. The molecule has 0 aromatic carbocycles. The van der Waals surface area contributed by atoms with Crippen molar-refractivity contribution in [3.05, 3.63) is 24.0 Å². The number of ether oxygens (including phenoxy) is 1. The first-order valence-corrected chi connectivity index (χ1v) is 5.36. The Morgan fingerprint density at radius 1 is 1.41 bits per heavy atom. The molecule has 0 fully saturated rings. The summed E-state index contributed by atoms with van der Waals surface area (Å²) in [7, 11) is 1.64. The maximum atomic E-state index is 11.6. The zero-order valence-electron chi connectivity index (χ0n) is 9.77. The van der Waals surface area contributed by atoms with Gasteiger partial charge in [0.05, 0.1) is 18.4 Å². The lowest BCUT2D eigenvalue weighted by Crippen LogP contribution is -2.33. The Hall–Kier alpha value is -1.66. The number of carbonyl (C=O) groups is 1. The van der Waals surface area contributed by atoms with Gasteiger partial charge in [0.25, 0.3) is 5.91 Å². The van der Waals surface area contributed by atoms with Crippen LogP contribution in [0, 0.1) is 0 Å². The number of aromatic hydroxyl groups is 1. The Morgan fingerprint density at radius 3 is 2.94 bits per heavy atom. The minimum Gasteiger partial charge on any atom is -0.506 e. The minimum atomic E-state index is -0.248. The number of hydrogen-bond donors (Lipinski definition) is 3. The second-order valence-electron chi connectivity index (χ2n) is 3.43. The molecule has 94 valence electrons. The third kappa shape index (κ3) is 5.28. The molecule has 1 aromatic heterocycles. The zero-order valence-corrected chi connectivity index (χ0v) is 9.77. The van der Waals surface area contributed by atoms with E-state index < -0.39 is 0 Å². The Balaban J connectivity index is 2.21. The van der Waals surface area contributed by atoms with Crippen LogP contribution in [-0.2, 0) is 4.74 Å². The largest absolute Gasteiger partial charge is 0.506 e. The van der Waals surface area contributed by atoms with E-state index in [1.165, 1.54) is 18.5 Å². The molecule has 6 heteroatoms. The van der Waals surface area contributed by atoms with Crippen LogP contribution in [0.4, 0.5) is 0 Å². The molecule has 0 bridgehead atoms. The summed E-state index contributed by atoms with van der Waals surface area (Å²) in [5.74, 6) is -0.266. The monoisotopic (exact) mass is 239 g/mol. The molecular formula is C11H17N3O3. The molecule has 3 N–H and O–H groups in total. The highest BCUT2D eigenvalue weighted by Crippen LogP contribution is 2.07. The fourth-order valence-electron chi connectivity index (χ4n) is 1.22. The van der Waals surface area contributed by atoms with E-state index in [4.69, 9.17) is 9.84 Å². The van der Waals surface area contributed by atoms with Crippen molar-refractivity contribution in [3.63, 3.8) is 0 Å². The normalized spacial score (nSPS) is 10.2. The van der Waals surface area contributed by atoms with E-state index >= 15 is 0 Å². The lowest BCUT2D eigenvalue weighted by atomic mass is 10.2. The van der Waals surface area contributed by atoms with Crippen molar-refractivity contribution < 1.29 is 14.6 Å². The Labute approximate surface area is 100 Å². The van der Waals surface area contributed by atoms with Gasteiger partial charge in [-0.05, 0) is 6.07 Å². The number of nitrogens with one attached hydrogen (secondary N) is 2. The molecule has 0 aliphatic rings. The third-order valence-electron chi connectivity index (χ3n) is 2.06. The maximum Gasteiger partial charge on any atom is 0.253 e. The van der Waals surface area contributed by atoms with Gasteiger partial charge in [-0.2, -0.15) is 0 Å². The molecule has 0 unspecified atom stereocenters. The molecule has 1 heterocycles. The predicted molar refractivity (Wildman–Crippen MR) is 63.0 cm³/mol. The van der Waals surface area contributed by atoms with Crippen molar-refractivity contribution in [2.45, 2.75) is 0 Å². The predicted octanol–water partition coefficient (Wildman–Crippen LogP) is -0.247. The molecular weight excluding hydrogens is 222 g/mol. The van der Waals surface area contributed by atoms with Gasteiger partial charge in [-0.1, -0.05) is 0 Å². The summed E-state index contributed by atoms with van der Waals surface area (Å²) in [5.41, 5.74) is 0.349. The second kappa shape index (κ2) is 7.59. The maximum absolute atomic E-state index is 11.6. The molecule has 0 aliphatic carbocycles. The van der Waals surface area contributed by atoms with Crippen LogP contribution in [-0.4, -0.2) is 49.3 Å². The van der Waals surface area contributed by atoms with Gasteiger partial charge in [-0.15, -0.1) is 0 Å². The van der Waals surface area contributed by atoms with E-state index in [0.717, 1.165) is 6.54 Å². The first kappa shape index (κ1) is 13.4. The van der Waals surface area contributed by atoms with Crippen molar-refractivity contribution in [2.75, 3.05) is 33.4 Å². The molecule has 0 atom stereocenters. The van der Waals surface area contributed by atoms with Gasteiger partial charge in [0.2, 0.25) is 0 Å². The van der Waals surface area contributed by atoms with Crippen molar-refractivity contribution in [3.8, 4) is 5.75 Å². The molecule has 17 heavy (non-hydrogen) atoms. The standard InChI is InChI=1S/C11H17N3O3/c1-17-5-4-12-2-3-14-11(16)9-6-10(15)8-13-7-9/h6-8,12,15H,2-5H2,1H3,(H,14,16). The molecule has 0 aliphatic heterocycles. The average molecular weight is 239 g/mol. The first-order valence-electron chi connectivity index (χ1n) is 5.36. The van der Waals surface area contributed by atoms with Crippen molar-refractivity contribution in [1.82, 2.24) is 15.6 Å². The van der Waals surface area contributed by atoms with Gasteiger partial charge >= 0.3 is 0 Å². The van der Waals surface area contributed by atoms with Gasteiger partial charge in [-0.3, -0.25) is 9.78 Å². The number of carbonyl (C=O) groups excluding carboxylic acids is 1. The number of hydrogen-bond acceptors (Lipinski definition) is 5. The summed E-state index contributed by atoms with van der Waals surface area (Å²) in [4.78, 5) is 15.3. The quantitative estimate of drug-likeness (QED) is 0.572. The fourth-order valence-corrected chi connectivity index (χ4v) is 1.22. The first-order chi connectivity index (χ1) is 8.24. The molecule has 6 nitrogen and oxygen atoms in total. The van der Waals surface area contributed by atoms with E-state index in [9.17, 15) is 4.79 Å². The van der Waals surface area contributed by atoms with E-state index in [0.29, 0.717) is 25.3 Å². The molecule has 0 saturated carbocycles. The Kier molecular flexibility index (Phi) is 5.98. The van der Waals surface area contributed by atoms with Crippen LogP contribution in [0.25, 0.3) is 0 Å². The van der Waals surface area contributed by atoms with Crippen molar-refractivity contribution in [1.29, 1.82) is 0 Å². The van der Waals surface area contributed by atoms with Crippen LogP contribution in [0.5, 0.6) is 5.75 Å². The summed E-state index contributed by atoms with van der Waals surface area (Å²) in [6.07, 6.45) is 2.69. The molecule has 0 radical (unpaired) electrons.